The van der Waals surface area contributed by atoms with Crippen molar-refractivity contribution < 1.29 is 46.2 Å². The van der Waals surface area contributed by atoms with Crippen molar-refractivity contribution in [3.8, 4) is 0 Å². The summed E-state index contributed by atoms with van der Waals surface area (Å²) >= 11 is 0. The van der Waals surface area contributed by atoms with Gasteiger partial charge in [-0.1, -0.05) is 6.26 Å². The molecular formula is C13H27O5Ti-. The van der Waals surface area contributed by atoms with Crippen LogP contribution >= 0.6 is 0 Å². The maximum absolute atomic E-state index is 10.4. The molecule has 19 heavy (non-hydrogen) atoms. The van der Waals surface area contributed by atoms with Gasteiger partial charge < -0.3 is 19.7 Å². The molecule has 0 aromatic carbocycles. The van der Waals surface area contributed by atoms with Crippen LogP contribution in [0.3, 0.4) is 0 Å². The maximum atomic E-state index is 10.4. The summed E-state index contributed by atoms with van der Waals surface area (Å²) in [5.74, 6) is 0. The van der Waals surface area contributed by atoms with Gasteiger partial charge in [0, 0.05) is 33.9 Å². The van der Waals surface area contributed by atoms with E-state index in [4.69, 9.17) is 10.2 Å². The minimum atomic E-state index is -0.666. The van der Waals surface area contributed by atoms with E-state index in [0.717, 1.165) is 0 Å². The van der Waals surface area contributed by atoms with E-state index in [-0.39, 0.29) is 33.9 Å². The molecule has 114 valence electrons. The Labute approximate surface area is 131 Å². The van der Waals surface area contributed by atoms with E-state index in [1.165, 1.54) is 6.26 Å². The van der Waals surface area contributed by atoms with Crippen molar-refractivity contribution in [1.29, 1.82) is 0 Å². The molecule has 0 amide bonds. The average Bonchev–Trinajstić information content (AvgIpc) is 2.16. The molecule has 0 radical (unpaired) electrons. The van der Waals surface area contributed by atoms with Crippen molar-refractivity contribution in [2.24, 2.45) is 0 Å². The Hall–Kier alpha value is -0.486. The van der Waals surface area contributed by atoms with E-state index < -0.39 is 6.16 Å². The van der Waals surface area contributed by atoms with E-state index in [9.17, 15) is 4.79 Å². The molecular weight excluding hydrogens is 284 g/mol. The summed E-state index contributed by atoms with van der Waals surface area (Å²) < 4.78 is 8.91. The summed E-state index contributed by atoms with van der Waals surface area (Å²) in [6.07, 6.45) is 3.63. The molecule has 0 unspecified atom stereocenters. The van der Waals surface area contributed by atoms with Gasteiger partial charge in [-0.05, 0) is 34.6 Å². The molecule has 0 aromatic rings. The molecule has 0 aliphatic heterocycles. The van der Waals surface area contributed by atoms with Gasteiger partial charge in [-0.2, -0.15) is 6.08 Å². The van der Waals surface area contributed by atoms with Gasteiger partial charge in [0.15, 0.2) is 0 Å². The smallest absolute Gasteiger partial charge is 0.495 e. The summed E-state index contributed by atoms with van der Waals surface area (Å²) in [5.41, 5.74) is 0. The Kier molecular flexibility index (Phi) is 32.2. The van der Waals surface area contributed by atoms with Crippen molar-refractivity contribution in [2.75, 3.05) is 6.61 Å². The van der Waals surface area contributed by atoms with Crippen molar-refractivity contribution in [1.82, 2.24) is 0 Å². The number of carbonyl (C=O) groups excluding carboxylic acids is 1. The van der Waals surface area contributed by atoms with Gasteiger partial charge >= 0.3 is 6.16 Å². The molecule has 0 fully saturated rings. The zero-order chi connectivity index (χ0) is 15.0. The number of allylic oxidation sites excluding steroid dienone is 1. The molecule has 0 heterocycles. The van der Waals surface area contributed by atoms with Gasteiger partial charge in [0.1, 0.15) is 0 Å². The Balaban J connectivity index is -0.000000105. The number of hydrogen-bond donors (Lipinski definition) is 2. The van der Waals surface area contributed by atoms with E-state index in [0.29, 0.717) is 6.61 Å². The largest absolute Gasteiger partial charge is 0.496 e. The minimum Gasteiger partial charge on any atom is -0.496 e. The number of ether oxygens (including phenoxy) is 2. The number of hydrogen-bond acceptors (Lipinski definition) is 5. The van der Waals surface area contributed by atoms with Crippen molar-refractivity contribution in [3.63, 3.8) is 0 Å². The Bertz CT molecular complexity index is 182. The molecule has 2 N–H and O–H groups in total. The number of rotatable bonds is 3. The molecule has 0 aromatic heterocycles. The topological polar surface area (TPSA) is 76.0 Å². The Morgan fingerprint density at radius 2 is 1.58 bits per heavy atom. The van der Waals surface area contributed by atoms with Gasteiger partial charge in [0.2, 0.25) is 0 Å². The third-order valence-corrected chi connectivity index (χ3v) is 0.697. The third-order valence-electron chi connectivity index (χ3n) is 0.697. The molecule has 0 spiro atoms. The molecule has 0 bridgehead atoms. The molecule has 6 heteroatoms. The van der Waals surface area contributed by atoms with Crippen molar-refractivity contribution >= 4 is 6.16 Å². The van der Waals surface area contributed by atoms with E-state index in [1.54, 1.807) is 47.1 Å². The van der Waals surface area contributed by atoms with Crippen LogP contribution in [0.5, 0.6) is 0 Å². The molecule has 5 nitrogen and oxygen atoms in total. The summed E-state index contributed by atoms with van der Waals surface area (Å²) in [5, 5.41) is 16.1. The second kappa shape index (κ2) is 22.7. The molecule has 0 saturated carbocycles. The van der Waals surface area contributed by atoms with Gasteiger partial charge in [-0.3, -0.25) is 0 Å². The van der Waals surface area contributed by atoms with Crippen LogP contribution in [0.1, 0.15) is 41.5 Å². The standard InChI is InChI=1S/C7H11O3.2C3H8O.Ti/c1-3-5-6-10-7(8)9-4-2;2*1-3(2)4;/h3,5-6H,4H2,1-2H3;2*3-4H,1-2H3;/q-1;;;/b6-5+;;;. The third kappa shape index (κ3) is 74.7. The molecule has 0 atom stereocenters. The van der Waals surface area contributed by atoms with E-state index >= 15 is 0 Å². The molecule has 0 rings (SSSR count). The SMILES string of the molecule is CC(C)O.CC(C)O.C[CH-]/C=C/OC(=O)OCC.[Ti]. The van der Waals surface area contributed by atoms with Crippen LogP contribution in [-0.4, -0.2) is 35.2 Å². The van der Waals surface area contributed by atoms with Crippen LogP contribution in [-0.2, 0) is 31.2 Å². The maximum Gasteiger partial charge on any atom is 0.495 e. The quantitative estimate of drug-likeness (QED) is 0.363. The molecule has 0 aliphatic carbocycles. The monoisotopic (exact) mass is 311 g/mol. The van der Waals surface area contributed by atoms with Gasteiger partial charge in [-0.15, -0.1) is 6.92 Å². The average molecular weight is 311 g/mol. The zero-order valence-corrected chi connectivity index (χ0v) is 14.3. The first kappa shape index (κ1) is 27.0. The summed E-state index contributed by atoms with van der Waals surface area (Å²) in [6.45, 7) is 10.8. The predicted molar refractivity (Wildman–Crippen MR) is 71.9 cm³/mol. The first-order chi connectivity index (χ1) is 8.27. The molecule has 0 saturated heterocycles. The van der Waals surface area contributed by atoms with Gasteiger partial charge in [0.25, 0.3) is 0 Å². The predicted octanol–water partition coefficient (Wildman–Crippen LogP) is 2.67. The van der Waals surface area contributed by atoms with E-state index in [1.807, 2.05) is 6.92 Å². The van der Waals surface area contributed by atoms with Crippen LogP contribution in [0.4, 0.5) is 4.79 Å². The van der Waals surface area contributed by atoms with Crippen LogP contribution < -0.4 is 0 Å². The van der Waals surface area contributed by atoms with E-state index in [2.05, 4.69) is 9.47 Å². The van der Waals surface area contributed by atoms with Gasteiger partial charge in [-0.25, -0.2) is 11.2 Å². The van der Waals surface area contributed by atoms with Crippen LogP contribution in [0, 0.1) is 6.42 Å². The fourth-order valence-corrected chi connectivity index (χ4v) is 0.325. The fraction of sp³-hybridized carbons (Fsp3) is 0.692. The van der Waals surface area contributed by atoms with Crippen molar-refractivity contribution in [3.05, 3.63) is 18.8 Å². The van der Waals surface area contributed by atoms with Crippen LogP contribution in [0.2, 0.25) is 0 Å². The summed E-state index contributed by atoms with van der Waals surface area (Å²) in [4.78, 5) is 10.4. The second-order valence-corrected chi connectivity index (χ2v) is 3.65. The first-order valence-electron chi connectivity index (χ1n) is 5.91. The molecule has 0 aliphatic rings. The Morgan fingerprint density at radius 3 is 1.84 bits per heavy atom. The zero-order valence-electron chi connectivity index (χ0n) is 12.7. The van der Waals surface area contributed by atoms with Gasteiger partial charge in [0.05, 0.1) is 6.61 Å². The van der Waals surface area contributed by atoms with Crippen molar-refractivity contribution in [2.45, 2.75) is 53.8 Å². The summed E-state index contributed by atoms with van der Waals surface area (Å²) in [6, 6.07) is 0. The first-order valence-corrected chi connectivity index (χ1v) is 5.91. The fourth-order valence-electron chi connectivity index (χ4n) is 0.325. The number of aliphatic hydroxyl groups is 2. The van der Waals surface area contributed by atoms with Crippen LogP contribution in [0.25, 0.3) is 0 Å². The number of carbonyl (C=O) groups is 1. The normalized spacial score (nSPS) is 8.74. The second-order valence-electron chi connectivity index (χ2n) is 3.65. The minimum absolute atomic E-state index is 0. The van der Waals surface area contributed by atoms with Crippen LogP contribution in [0.15, 0.2) is 12.3 Å². The Morgan fingerprint density at radius 1 is 1.21 bits per heavy atom. The number of aliphatic hydroxyl groups excluding tert-OH is 2. The summed E-state index contributed by atoms with van der Waals surface area (Å²) in [7, 11) is 0.